The van der Waals surface area contributed by atoms with Crippen LogP contribution >= 0.6 is 0 Å². The molecule has 5 nitrogen and oxygen atoms in total. The van der Waals surface area contributed by atoms with Crippen molar-refractivity contribution in [1.29, 1.82) is 0 Å². The average molecular weight is 307 g/mol. The molecule has 0 atom stereocenters. The number of nitrogens with zero attached hydrogens (tertiary/aromatic N) is 1. The molecule has 0 radical (unpaired) electrons. The van der Waals surface area contributed by atoms with Crippen molar-refractivity contribution in [1.82, 2.24) is 10.6 Å². The second-order valence-corrected chi connectivity index (χ2v) is 5.01. The molecule has 124 valence electrons. The first kappa shape index (κ1) is 18.3. The number of hydrogen-bond donors (Lipinski definition) is 2. The summed E-state index contributed by atoms with van der Waals surface area (Å²) in [6, 6.07) is 6.28. The summed E-state index contributed by atoms with van der Waals surface area (Å²) in [5, 5.41) is 6.52. The molecule has 0 aromatic heterocycles. The number of rotatable bonds is 9. The highest BCUT2D eigenvalue weighted by Gasteiger charge is 2.05. The molecule has 22 heavy (non-hydrogen) atoms. The van der Waals surface area contributed by atoms with Crippen LogP contribution < -0.4 is 15.4 Å². The van der Waals surface area contributed by atoms with E-state index in [0.29, 0.717) is 13.2 Å². The minimum atomic E-state index is 0.673. The van der Waals surface area contributed by atoms with Gasteiger partial charge in [-0.15, -0.1) is 0 Å². The van der Waals surface area contributed by atoms with Crippen molar-refractivity contribution < 1.29 is 9.47 Å². The Labute approximate surface area is 134 Å². The minimum Gasteiger partial charge on any atom is -0.493 e. The monoisotopic (exact) mass is 307 g/mol. The van der Waals surface area contributed by atoms with Crippen LogP contribution in [0.2, 0.25) is 0 Å². The van der Waals surface area contributed by atoms with Crippen molar-refractivity contribution in [3.8, 4) is 5.75 Å². The lowest BCUT2D eigenvalue weighted by atomic mass is 10.1. The predicted molar refractivity (Wildman–Crippen MR) is 91.7 cm³/mol. The molecule has 0 saturated heterocycles. The molecule has 0 unspecified atom stereocenters. The molecule has 0 bridgehead atoms. The van der Waals surface area contributed by atoms with E-state index in [-0.39, 0.29) is 0 Å². The molecule has 0 fully saturated rings. The first-order valence-electron chi connectivity index (χ1n) is 7.95. The lowest BCUT2D eigenvalue weighted by molar-refractivity contribution is 0.152. The van der Waals surface area contributed by atoms with E-state index in [2.05, 4.69) is 47.7 Å². The number of hydrogen-bond acceptors (Lipinski definition) is 3. The van der Waals surface area contributed by atoms with Gasteiger partial charge in [-0.1, -0.05) is 19.1 Å². The van der Waals surface area contributed by atoms with Gasteiger partial charge in [0.2, 0.25) is 0 Å². The molecular formula is C17H29N3O2. The van der Waals surface area contributed by atoms with Crippen molar-refractivity contribution in [2.24, 2.45) is 4.99 Å². The highest BCUT2D eigenvalue weighted by atomic mass is 16.5. The Morgan fingerprint density at radius 1 is 1.18 bits per heavy atom. The third-order valence-electron chi connectivity index (χ3n) is 3.10. The number of aryl methyl sites for hydroxylation is 1. The topological polar surface area (TPSA) is 54.9 Å². The van der Waals surface area contributed by atoms with E-state index in [0.717, 1.165) is 43.5 Å². The molecule has 0 aliphatic heterocycles. The Balaban J connectivity index is 2.54. The summed E-state index contributed by atoms with van der Waals surface area (Å²) in [5.41, 5.74) is 2.33. The number of benzene rings is 1. The summed E-state index contributed by atoms with van der Waals surface area (Å²) in [4.78, 5) is 4.21. The van der Waals surface area contributed by atoms with E-state index in [1.54, 1.807) is 7.05 Å². The summed E-state index contributed by atoms with van der Waals surface area (Å²) in [7, 11) is 1.76. The third kappa shape index (κ3) is 6.80. The van der Waals surface area contributed by atoms with Gasteiger partial charge in [-0.2, -0.15) is 0 Å². The third-order valence-corrected chi connectivity index (χ3v) is 3.10. The van der Waals surface area contributed by atoms with Gasteiger partial charge in [-0.25, -0.2) is 0 Å². The normalized spacial score (nSPS) is 11.4. The molecule has 0 amide bonds. The minimum absolute atomic E-state index is 0.673. The van der Waals surface area contributed by atoms with Crippen LogP contribution in [0.3, 0.4) is 0 Å². The molecule has 0 spiro atoms. The van der Waals surface area contributed by atoms with E-state index in [1.165, 1.54) is 5.56 Å². The molecule has 1 rings (SSSR count). The first-order chi connectivity index (χ1) is 10.7. The Morgan fingerprint density at radius 2 is 2.00 bits per heavy atom. The molecular weight excluding hydrogens is 278 g/mol. The second-order valence-electron chi connectivity index (χ2n) is 5.01. The first-order valence-corrected chi connectivity index (χ1v) is 7.95. The van der Waals surface area contributed by atoms with Crippen LogP contribution in [0.25, 0.3) is 0 Å². The lowest BCUT2D eigenvalue weighted by Gasteiger charge is -2.15. The lowest BCUT2D eigenvalue weighted by Crippen LogP contribution is -2.38. The standard InChI is InChI=1S/C17H29N3O2/c1-5-10-22-16-12-14(3)7-8-15(16)13-20-17(18-4)19-9-11-21-6-2/h7-8,12H,5-6,9-11,13H2,1-4H3,(H2,18,19,20). The van der Waals surface area contributed by atoms with E-state index >= 15 is 0 Å². The summed E-state index contributed by atoms with van der Waals surface area (Å²) in [5.74, 6) is 1.71. The molecule has 0 heterocycles. The second kappa shape index (κ2) is 10.9. The molecule has 2 N–H and O–H groups in total. The smallest absolute Gasteiger partial charge is 0.191 e. The van der Waals surface area contributed by atoms with Crippen molar-refractivity contribution in [3.05, 3.63) is 29.3 Å². The van der Waals surface area contributed by atoms with Crippen molar-refractivity contribution in [3.63, 3.8) is 0 Å². The summed E-state index contributed by atoms with van der Waals surface area (Å²) < 4.78 is 11.1. The molecule has 1 aromatic rings. The number of aliphatic imine (C=N–C) groups is 1. The van der Waals surface area contributed by atoms with E-state index in [4.69, 9.17) is 9.47 Å². The Kier molecular flexibility index (Phi) is 9.07. The summed E-state index contributed by atoms with van der Waals surface area (Å²) >= 11 is 0. The van der Waals surface area contributed by atoms with Gasteiger partial charge in [0, 0.05) is 32.3 Å². The fourth-order valence-electron chi connectivity index (χ4n) is 1.94. The summed E-state index contributed by atoms with van der Waals surface area (Å²) in [6.07, 6.45) is 1.00. The quantitative estimate of drug-likeness (QED) is 0.418. The summed E-state index contributed by atoms with van der Waals surface area (Å²) in [6.45, 7) is 9.72. The number of nitrogens with one attached hydrogen (secondary N) is 2. The van der Waals surface area contributed by atoms with Crippen LogP contribution in [0.15, 0.2) is 23.2 Å². The largest absolute Gasteiger partial charge is 0.493 e. The van der Waals surface area contributed by atoms with E-state index in [1.807, 2.05) is 6.92 Å². The molecule has 5 heteroatoms. The highest BCUT2D eigenvalue weighted by Crippen LogP contribution is 2.20. The zero-order valence-corrected chi connectivity index (χ0v) is 14.2. The Hall–Kier alpha value is -1.75. The van der Waals surface area contributed by atoms with Crippen molar-refractivity contribution >= 4 is 5.96 Å². The maximum Gasteiger partial charge on any atom is 0.191 e. The maximum absolute atomic E-state index is 5.83. The zero-order valence-electron chi connectivity index (χ0n) is 14.2. The fourth-order valence-corrected chi connectivity index (χ4v) is 1.94. The Bertz CT molecular complexity index is 461. The van der Waals surface area contributed by atoms with E-state index < -0.39 is 0 Å². The van der Waals surface area contributed by atoms with Crippen LogP contribution in [0, 0.1) is 6.92 Å². The van der Waals surface area contributed by atoms with Gasteiger partial charge in [-0.3, -0.25) is 4.99 Å². The van der Waals surface area contributed by atoms with Gasteiger partial charge in [0.05, 0.1) is 13.2 Å². The SMILES string of the molecule is CCCOc1cc(C)ccc1CNC(=NC)NCCOCC. The van der Waals surface area contributed by atoms with Gasteiger partial charge in [0.15, 0.2) is 5.96 Å². The predicted octanol–water partition coefficient (Wildman–Crippen LogP) is 2.49. The van der Waals surface area contributed by atoms with Gasteiger partial charge in [0.25, 0.3) is 0 Å². The van der Waals surface area contributed by atoms with Crippen molar-refractivity contribution in [2.45, 2.75) is 33.7 Å². The van der Waals surface area contributed by atoms with Gasteiger partial charge < -0.3 is 20.1 Å². The maximum atomic E-state index is 5.83. The van der Waals surface area contributed by atoms with Gasteiger partial charge in [0.1, 0.15) is 5.75 Å². The van der Waals surface area contributed by atoms with Crippen molar-refractivity contribution in [2.75, 3.05) is 33.4 Å². The fraction of sp³-hybridized carbons (Fsp3) is 0.588. The van der Waals surface area contributed by atoms with E-state index in [9.17, 15) is 0 Å². The number of guanidine groups is 1. The average Bonchev–Trinajstić information content (AvgIpc) is 2.53. The van der Waals surface area contributed by atoms with Crippen LogP contribution in [0.5, 0.6) is 5.75 Å². The highest BCUT2D eigenvalue weighted by molar-refractivity contribution is 5.79. The Morgan fingerprint density at radius 3 is 2.68 bits per heavy atom. The van der Waals surface area contributed by atoms with Gasteiger partial charge >= 0.3 is 0 Å². The molecule has 1 aromatic carbocycles. The van der Waals surface area contributed by atoms with Crippen LogP contribution in [0.1, 0.15) is 31.4 Å². The molecule has 0 aliphatic carbocycles. The molecule has 0 aliphatic rings. The van der Waals surface area contributed by atoms with Crippen LogP contribution in [-0.4, -0.2) is 39.4 Å². The number of ether oxygens (including phenoxy) is 2. The van der Waals surface area contributed by atoms with Gasteiger partial charge in [-0.05, 0) is 31.9 Å². The molecule has 0 saturated carbocycles. The van der Waals surface area contributed by atoms with Crippen LogP contribution in [-0.2, 0) is 11.3 Å². The van der Waals surface area contributed by atoms with Crippen LogP contribution in [0.4, 0.5) is 0 Å². The zero-order chi connectivity index (χ0) is 16.2.